The normalized spacial score (nSPS) is 12.4. The third kappa shape index (κ3) is 2.86. The Morgan fingerprint density at radius 2 is 1.84 bits per heavy atom. The third-order valence-corrected chi connectivity index (χ3v) is 2.90. The number of nitrogens with two attached hydrogens (primary N) is 2. The molecule has 0 saturated carbocycles. The number of nitrogens with one attached hydrogen (secondary N) is 1. The van der Waals surface area contributed by atoms with Gasteiger partial charge in [0, 0.05) is 11.8 Å². The van der Waals surface area contributed by atoms with E-state index in [2.05, 4.69) is 10.4 Å². The van der Waals surface area contributed by atoms with Crippen LogP contribution in [0, 0.1) is 11.6 Å². The Morgan fingerprint density at radius 3 is 2.42 bits per heavy atom. The van der Waals surface area contributed by atoms with Gasteiger partial charge in [0.15, 0.2) is 0 Å². The summed E-state index contributed by atoms with van der Waals surface area (Å²) >= 11 is 0. The molecule has 0 bridgehead atoms. The van der Waals surface area contributed by atoms with Crippen LogP contribution in [0.2, 0.25) is 0 Å². The number of aromatic nitrogens is 1. The summed E-state index contributed by atoms with van der Waals surface area (Å²) in [5.74, 6) is 4.42. The Labute approximate surface area is 109 Å². The first kappa shape index (κ1) is 13.4. The maximum absolute atomic E-state index is 13.7. The van der Waals surface area contributed by atoms with Crippen LogP contribution < -0.4 is 17.0 Å². The lowest BCUT2D eigenvalue weighted by Crippen LogP contribution is -2.31. The number of hydrogen-bond acceptors (Lipinski definition) is 4. The molecule has 2 aromatic rings. The van der Waals surface area contributed by atoms with Crippen molar-refractivity contribution in [3.05, 3.63) is 59.3 Å². The molecule has 1 atom stereocenters. The van der Waals surface area contributed by atoms with Gasteiger partial charge in [0.1, 0.15) is 17.5 Å². The lowest BCUT2D eigenvalue weighted by atomic mass is 9.99. The van der Waals surface area contributed by atoms with Gasteiger partial charge in [-0.15, -0.1) is 0 Å². The summed E-state index contributed by atoms with van der Waals surface area (Å²) in [6.07, 6.45) is 1.79. The average molecular weight is 264 g/mol. The molecule has 4 nitrogen and oxygen atoms in total. The lowest BCUT2D eigenvalue weighted by molar-refractivity contribution is 0.473. The summed E-state index contributed by atoms with van der Waals surface area (Å²) in [4.78, 5) is 3.93. The largest absolute Gasteiger partial charge is 0.383 e. The molecule has 1 heterocycles. The molecule has 0 aliphatic rings. The van der Waals surface area contributed by atoms with Crippen LogP contribution in [-0.2, 0) is 6.42 Å². The second-order valence-electron chi connectivity index (χ2n) is 4.11. The number of halogens is 2. The molecule has 1 aromatic heterocycles. The zero-order valence-corrected chi connectivity index (χ0v) is 10.1. The monoisotopic (exact) mass is 264 g/mol. The predicted molar refractivity (Wildman–Crippen MR) is 68.8 cm³/mol. The summed E-state index contributed by atoms with van der Waals surface area (Å²) in [5.41, 5.74) is 8.69. The number of anilines is 1. The van der Waals surface area contributed by atoms with Crippen molar-refractivity contribution in [2.45, 2.75) is 12.5 Å². The molecule has 2 rings (SSSR count). The molecule has 0 aliphatic carbocycles. The molecule has 19 heavy (non-hydrogen) atoms. The Hall–Kier alpha value is -2.05. The van der Waals surface area contributed by atoms with E-state index in [0.717, 1.165) is 0 Å². The molecule has 0 radical (unpaired) electrons. The Bertz CT molecular complexity index is 554. The summed E-state index contributed by atoms with van der Waals surface area (Å²) in [6.45, 7) is 0. The van der Waals surface area contributed by atoms with Crippen LogP contribution in [0.4, 0.5) is 14.6 Å². The first-order chi connectivity index (χ1) is 9.13. The van der Waals surface area contributed by atoms with Crippen LogP contribution in [0.15, 0.2) is 36.5 Å². The lowest BCUT2D eigenvalue weighted by Gasteiger charge is -2.18. The van der Waals surface area contributed by atoms with Crippen LogP contribution in [0.1, 0.15) is 17.2 Å². The maximum atomic E-state index is 13.7. The maximum Gasteiger partial charge on any atom is 0.130 e. The molecule has 1 unspecified atom stereocenters. The van der Waals surface area contributed by atoms with E-state index in [0.29, 0.717) is 11.4 Å². The van der Waals surface area contributed by atoms with Crippen molar-refractivity contribution < 1.29 is 8.78 Å². The van der Waals surface area contributed by atoms with Gasteiger partial charge in [-0.05, 0) is 30.2 Å². The van der Waals surface area contributed by atoms with Gasteiger partial charge in [-0.2, -0.15) is 0 Å². The van der Waals surface area contributed by atoms with Gasteiger partial charge in [-0.1, -0.05) is 12.1 Å². The average Bonchev–Trinajstić information content (AvgIpc) is 2.39. The van der Waals surface area contributed by atoms with E-state index >= 15 is 0 Å². The van der Waals surface area contributed by atoms with Crippen LogP contribution in [-0.4, -0.2) is 4.98 Å². The number of nitrogen functional groups attached to an aromatic ring is 1. The SMILES string of the molecule is NNC(Cc1cccnc1N)c1c(F)cccc1F. The van der Waals surface area contributed by atoms with Gasteiger partial charge in [-0.25, -0.2) is 13.8 Å². The molecular formula is C13H14F2N4. The fraction of sp³-hybridized carbons (Fsp3) is 0.154. The standard InChI is InChI=1S/C13H14F2N4/c14-9-4-1-5-10(15)12(9)11(19-17)7-8-3-2-6-18-13(8)16/h1-6,11,19H,7,17H2,(H2,16,18). The second kappa shape index (κ2) is 5.73. The van der Waals surface area contributed by atoms with Crippen molar-refractivity contribution in [2.75, 3.05) is 5.73 Å². The first-order valence-electron chi connectivity index (χ1n) is 5.73. The highest BCUT2D eigenvalue weighted by Crippen LogP contribution is 2.24. The van der Waals surface area contributed by atoms with Crippen LogP contribution in [0.25, 0.3) is 0 Å². The van der Waals surface area contributed by atoms with Crippen molar-refractivity contribution in [3.63, 3.8) is 0 Å². The van der Waals surface area contributed by atoms with E-state index in [1.54, 1.807) is 18.3 Å². The number of pyridine rings is 1. The number of hydrogen-bond donors (Lipinski definition) is 3. The summed E-state index contributed by atoms with van der Waals surface area (Å²) in [6, 6.07) is 6.42. The van der Waals surface area contributed by atoms with Gasteiger partial charge >= 0.3 is 0 Å². The van der Waals surface area contributed by atoms with Crippen LogP contribution >= 0.6 is 0 Å². The summed E-state index contributed by atoms with van der Waals surface area (Å²) < 4.78 is 27.4. The van der Waals surface area contributed by atoms with E-state index in [4.69, 9.17) is 11.6 Å². The van der Waals surface area contributed by atoms with Gasteiger partial charge in [0.25, 0.3) is 0 Å². The quantitative estimate of drug-likeness (QED) is 0.580. The minimum absolute atomic E-state index is 0.103. The van der Waals surface area contributed by atoms with E-state index in [9.17, 15) is 8.78 Å². The fourth-order valence-corrected chi connectivity index (χ4v) is 1.93. The van der Waals surface area contributed by atoms with Crippen LogP contribution in [0.5, 0.6) is 0 Å². The zero-order valence-electron chi connectivity index (χ0n) is 10.1. The van der Waals surface area contributed by atoms with Gasteiger partial charge in [0.2, 0.25) is 0 Å². The minimum atomic E-state index is -0.715. The number of rotatable bonds is 4. The molecule has 0 aliphatic heterocycles. The molecule has 5 N–H and O–H groups in total. The van der Waals surface area contributed by atoms with Crippen molar-refractivity contribution in [2.24, 2.45) is 5.84 Å². The smallest absolute Gasteiger partial charge is 0.130 e. The Morgan fingerprint density at radius 1 is 1.16 bits per heavy atom. The minimum Gasteiger partial charge on any atom is -0.383 e. The molecule has 6 heteroatoms. The van der Waals surface area contributed by atoms with Crippen molar-refractivity contribution >= 4 is 5.82 Å². The van der Waals surface area contributed by atoms with E-state index in [1.165, 1.54) is 18.2 Å². The fourth-order valence-electron chi connectivity index (χ4n) is 1.93. The van der Waals surface area contributed by atoms with E-state index in [1.807, 2.05) is 0 Å². The topological polar surface area (TPSA) is 77.0 Å². The molecule has 0 amide bonds. The summed E-state index contributed by atoms with van der Waals surface area (Å²) in [5, 5.41) is 0. The van der Waals surface area contributed by atoms with Crippen LogP contribution in [0.3, 0.4) is 0 Å². The first-order valence-corrected chi connectivity index (χ1v) is 5.73. The zero-order chi connectivity index (χ0) is 13.8. The number of benzene rings is 1. The van der Waals surface area contributed by atoms with Gasteiger partial charge in [-0.3, -0.25) is 11.3 Å². The van der Waals surface area contributed by atoms with E-state index in [-0.39, 0.29) is 12.0 Å². The molecule has 1 aromatic carbocycles. The van der Waals surface area contributed by atoms with Crippen molar-refractivity contribution in [1.29, 1.82) is 0 Å². The number of hydrazine groups is 1. The Kier molecular flexibility index (Phi) is 4.03. The van der Waals surface area contributed by atoms with Gasteiger partial charge in [0.05, 0.1) is 6.04 Å². The highest BCUT2D eigenvalue weighted by atomic mass is 19.1. The molecular weight excluding hydrogens is 250 g/mol. The molecule has 0 fully saturated rings. The summed E-state index contributed by atoms with van der Waals surface area (Å²) in [7, 11) is 0. The number of nitrogens with zero attached hydrogens (tertiary/aromatic N) is 1. The van der Waals surface area contributed by atoms with Crippen molar-refractivity contribution in [1.82, 2.24) is 10.4 Å². The predicted octanol–water partition coefficient (Wildman–Crippen LogP) is 1.69. The molecule has 0 saturated heterocycles. The highest BCUT2D eigenvalue weighted by molar-refractivity contribution is 5.40. The highest BCUT2D eigenvalue weighted by Gasteiger charge is 2.20. The molecule has 0 spiro atoms. The van der Waals surface area contributed by atoms with E-state index < -0.39 is 17.7 Å². The van der Waals surface area contributed by atoms with Gasteiger partial charge < -0.3 is 5.73 Å². The third-order valence-electron chi connectivity index (χ3n) is 2.90. The molecule has 100 valence electrons. The second-order valence-corrected chi connectivity index (χ2v) is 4.11. The van der Waals surface area contributed by atoms with Crippen molar-refractivity contribution in [3.8, 4) is 0 Å². The Balaban J connectivity index is 2.34.